The molecule has 2 aromatic carbocycles. The molecule has 0 aliphatic carbocycles. The van der Waals surface area contributed by atoms with Crippen LogP contribution in [-0.4, -0.2) is 16.1 Å². The minimum Gasteiger partial charge on any atom is -0.298 e. The van der Waals surface area contributed by atoms with Gasteiger partial charge in [-0.25, -0.2) is 4.68 Å². The van der Waals surface area contributed by atoms with Crippen LogP contribution < -0.4 is 0 Å². The van der Waals surface area contributed by atoms with Crippen LogP contribution in [0.15, 0.2) is 67.0 Å². The Bertz CT molecular complexity index is 702. The largest absolute Gasteiger partial charge is 0.298 e. The van der Waals surface area contributed by atoms with Gasteiger partial charge in [0.15, 0.2) is 0 Å². The van der Waals surface area contributed by atoms with E-state index in [0.29, 0.717) is 5.56 Å². The highest BCUT2D eigenvalue weighted by Crippen LogP contribution is 2.19. The molecule has 0 unspecified atom stereocenters. The minimum atomic E-state index is 0.647. The first-order valence-electron chi connectivity index (χ1n) is 6.02. The summed E-state index contributed by atoms with van der Waals surface area (Å²) < 4.78 is 1.77. The SMILES string of the molecule is O=Cc1cccc(-n2cc(-c3ccccc3)cn2)c1. The van der Waals surface area contributed by atoms with E-state index in [1.54, 1.807) is 10.7 Å². The van der Waals surface area contributed by atoms with Crippen LogP contribution in [0.2, 0.25) is 0 Å². The van der Waals surface area contributed by atoms with Gasteiger partial charge in [0.25, 0.3) is 0 Å². The molecule has 0 fully saturated rings. The zero-order valence-electron chi connectivity index (χ0n) is 10.2. The second-order valence-electron chi connectivity index (χ2n) is 4.25. The van der Waals surface area contributed by atoms with Gasteiger partial charge in [0.05, 0.1) is 11.9 Å². The maximum atomic E-state index is 10.8. The lowest BCUT2D eigenvalue weighted by atomic mass is 10.1. The van der Waals surface area contributed by atoms with Gasteiger partial charge < -0.3 is 0 Å². The van der Waals surface area contributed by atoms with E-state index in [-0.39, 0.29) is 0 Å². The molecule has 19 heavy (non-hydrogen) atoms. The maximum absolute atomic E-state index is 10.8. The van der Waals surface area contributed by atoms with Crippen LogP contribution in [0.5, 0.6) is 0 Å². The molecular weight excluding hydrogens is 236 g/mol. The number of benzene rings is 2. The lowest BCUT2D eigenvalue weighted by Crippen LogP contribution is -1.94. The fraction of sp³-hybridized carbons (Fsp3) is 0. The molecule has 0 spiro atoms. The van der Waals surface area contributed by atoms with Crippen molar-refractivity contribution in [2.75, 3.05) is 0 Å². The van der Waals surface area contributed by atoms with Gasteiger partial charge in [-0.2, -0.15) is 5.10 Å². The highest BCUT2D eigenvalue weighted by Gasteiger charge is 2.03. The molecule has 0 radical (unpaired) electrons. The molecule has 3 nitrogen and oxygen atoms in total. The van der Waals surface area contributed by atoms with Crippen molar-refractivity contribution >= 4 is 6.29 Å². The summed E-state index contributed by atoms with van der Waals surface area (Å²) in [6.07, 6.45) is 4.62. The van der Waals surface area contributed by atoms with E-state index in [0.717, 1.165) is 23.1 Å². The first-order valence-corrected chi connectivity index (χ1v) is 6.02. The van der Waals surface area contributed by atoms with Crippen LogP contribution in [0.3, 0.4) is 0 Å². The third-order valence-corrected chi connectivity index (χ3v) is 2.96. The minimum absolute atomic E-state index is 0.647. The Kier molecular flexibility index (Phi) is 2.94. The smallest absolute Gasteiger partial charge is 0.150 e. The van der Waals surface area contributed by atoms with E-state index in [2.05, 4.69) is 5.10 Å². The lowest BCUT2D eigenvalue weighted by molar-refractivity contribution is 0.112. The fourth-order valence-corrected chi connectivity index (χ4v) is 1.98. The molecule has 0 atom stereocenters. The van der Waals surface area contributed by atoms with E-state index >= 15 is 0 Å². The van der Waals surface area contributed by atoms with Crippen molar-refractivity contribution < 1.29 is 4.79 Å². The van der Waals surface area contributed by atoms with Crippen molar-refractivity contribution in [2.24, 2.45) is 0 Å². The highest BCUT2D eigenvalue weighted by molar-refractivity contribution is 5.75. The molecule has 0 aliphatic rings. The normalized spacial score (nSPS) is 10.3. The van der Waals surface area contributed by atoms with Crippen LogP contribution >= 0.6 is 0 Å². The Morgan fingerprint density at radius 3 is 2.58 bits per heavy atom. The number of carbonyl (C=O) groups is 1. The molecule has 1 aromatic heterocycles. The zero-order chi connectivity index (χ0) is 13.1. The average molecular weight is 248 g/mol. The summed E-state index contributed by atoms with van der Waals surface area (Å²) in [6, 6.07) is 17.4. The zero-order valence-corrected chi connectivity index (χ0v) is 10.2. The molecule has 0 aliphatic heterocycles. The number of carbonyl (C=O) groups excluding carboxylic acids is 1. The second kappa shape index (κ2) is 4.90. The summed E-state index contributed by atoms with van der Waals surface area (Å²) in [7, 11) is 0. The Morgan fingerprint density at radius 1 is 0.947 bits per heavy atom. The molecule has 3 aromatic rings. The van der Waals surface area contributed by atoms with Crippen molar-refractivity contribution in [3.05, 3.63) is 72.6 Å². The second-order valence-corrected chi connectivity index (χ2v) is 4.25. The monoisotopic (exact) mass is 248 g/mol. The van der Waals surface area contributed by atoms with Crippen LogP contribution in [0.1, 0.15) is 10.4 Å². The third-order valence-electron chi connectivity index (χ3n) is 2.96. The van der Waals surface area contributed by atoms with Crippen LogP contribution in [-0.2, 0) is 0 Å². The van der Waals surface area contributed by atoms with Crippen LogP contribution in [0, 0.1) is 0 Å². The molecule has 0 saturated carbocycles. The summed E-state index contributed by atoms with van der Waals surface area (Å²) in [5.74, 6) is 0. The summed E-state index contributed by atoms with van der Waals surface area (Å²) >= 11 is 0. The molecule has 0 bridgehead atoms. The third kappa shape index (κ3) is 2.31. The Morgan fingerprint density at radius 2 is 1.79 bits per heavy atom. The highest BCUT2D eigenvalue weighted by atomic mass is 16.1. The molecule has 1 heterocycles. The van der Waals surface area contributed by atoms with Gasteiger partial charge in [0.1, 0.15) is 6.29 Å². The van der Waals surface area contributed by atoms with Crippen molar-refractivity contribution in [1.29, 1.82) is 0 Å². The van der Waals surface area contributed by atoms with E-state index in [1.807, 2.05) is 60.9 Å². The van der Waals surface area contributed by atoms with Crippen molar-refractivity contribution in [3.8, 4) is 16.8 Å². The molecule has 0 saturated heterocycles. The quantitative estimate of drug-likeness (QED) is 0.666. The van der Waals surface area contributed by atoms with E-state index in [4.69, 9.17) is 0 Å². The van der Waals surface area contributed by atoms with Crippen molar-refractivity contribution in [1.82, 2.24) is 9.78 Å². The number of nitrogens with zero attached hydrogens (tertiary/aromatic N) is 2. The van der Waals surface area contributed by atoms with E-state index in [9.17, 15) is 4.79 Å². The number of aldehydes is 1. The maximum Gasteiger partial charge on any atom is 0.150 e. The number of rotatable bonds is 3. The standard InChI is InChI=1S/C16H12N2O/c19-12-13-5-4-8-16(9-13)18-11-15(10-17-18)14-6-2-1-3-7-14/h1-12H. The van der Waals surface area contributed by atoms with Crippen LogP contribution in [0.4, 0.5) is 0 Å². The van der Waals surface area contributed by atoms with Crippen molar-refractivity contribution in [2.45, 2.75) is 0 Å². The van der Waals surface area contributed by atoms with Gasteiger partial charge >= 0.3 is 0 Å². The number of hydrogen-bond donors (Lipinski definition) is 0. The van der Waals surface area contributed by atoms with Crippen LogP contribution in [0.25, 0.3) is 16.8 Å². The van der Waals surface area contributed by atoms with Gasteiger partial charge in [0, 0.05) is 17.3 Å². The van der Waals surface area contributed by atoms with E-state index in [1.165, 1.54) is 0 Å². The lowest BCUT2D eigenvalue weighted by Gasteiger charge is -2.01. The predicted octanol–water partition coefficient (Wildman–Crippen LogP) is 3.35. The first kappa shape index (κ1) is 11.4. The van der Waals surface area contributed by atoms with Gasteiger partial charge in [-0.05, 0) is 17.7 Å². The van der Waals surface area contributed by atoms with Gasteiger partial charge in [-0.1, -0.05) is 42.5 Å². The number of hydrogen-bond acceptors (Lipinski definition) is 2. The Balaban J connectivity index is 1.99. The Labute approximate surface area is 111 Å². The predicted molar refractivity (Wildman–Crippen MR) is 74.4 cm³/mol. The molecule has 0 amide bonds. The fourth-order valence-electron chi connectivity index (χ4n) is 1.98. The van der Waals surface area contributed by atoms with E-state index < -0.39 is 0 Å². The average Bonchev–Trinajstić information content (AvgIpc) is 2.98. The van der Waals surface area contributed by atoms with Crippen molar-refractivity contribution in [3.63, 3.8) is 0 Å². The molecule has 92 valence electrons. The summed E-state index contributed by atoms with van der Waals surface area (Å²) in [4.78, 5) is 10.8. The molecular formula is C16H12N2O. The van der Waals surface area contributed by atoms with Gasteiger partial charge in [-0.3, -0.25) is 4.79 Å². The summed E-state index contributed by atoms with van der Waals surface area (Å²) in [5.41, 5.74) is 3.71. The summed E-state index contributed by atoms with van der Waals surface area (Å²) in [6.45, 7) is 0. The molecule has 3 heteroatoms. The number of aromatic nitrogens is 2. The molecule has 3 rings (SSSR count). The van der Waals surface area contributed by atoms with Gasteiger partial charge in [-0.15, -0.1) is 0 Å². The Hall–Kier alpha value is -2.68. The summed E-state index contributed by atoms with van der Waals surface area (Å²) in [5, 5.41) is 4.34. The van der Waals surface area contributed by atoms with Gasteiger partial charge in [0.2, 0.25) is 0 Å². The molecule has 0 N–H and O–H groups in total. The first-order chi connectivity index (χ1) is 9.36. The topological polar surface area (TPSA) is 34.9 Å².